The molecule has 0 saturated carbocycles. The largest absolute Gasteiger partial charge is 0.462 e. The lowest BCUT2D eigenvalue weighted by Crippen LogP contribution is -2.19. The highest BCUT2D eigenvalue weighted by atomic mass is 16.5. The molecular weight excluding hydrogens is 306 g/mol. The molecule has 2 heterocycles. The van der Waals surface area contributed by atoms with Crippen LogP contribution in [-0.4, -0.2) is 29.6 Å². The van der Waals surface area contributed by atoms with Crippen molar-refractivity contribution in [3.05, 3.63) is 53.5 Å². The van der Waals surface area contributed by atoms with Crippen molar-refractivity contribution in [1.29, 1.82) is 0 Å². The van der Waals surface area contributed by atoms with Crippen LogP contribution in [0.1, 0.15) is 28.6 Å². The number of hydrogen-bond donors (Lipinski definition) is 0. The van der Waals surface area contributed by atoms with E-state index in [1.165, 1.54) is 6.33 Å². The molecule has 0 N–H and O–H groups in total. The van der Waals surface area contributed by atoms with Crippen LogP contribution in [0.4, 0.5) is 5.82 Å². The van der Waals surface area contributed by atoms with Gasteiger partial charge in [-0.2, -0.15) is 0 Å². The summed E-state index contributed by atoms with van der Waals surface area (Å²) >= 11 is 0. The molecule has 0 unspecified atom stereocenters. The van der Waals surface area contributed by atoms with Crippen LogP contribution in [-0.2, 0) is 11.3 Å². The number of ether oxygens (including phenoxy) is 1. The van der Waals surface area contributed by atoms with Gasteiger partial charge in [0, 0.05) is 13.6 Å². The van der Waals surface area contributed by atoms with Crippen LogP contribution < -0.4 is 4.90 Å². The summed E-state index contributed by atoms with van der Waals surface area (Å²) in [5.41, 5.74) is 1.92. The zero-order chi connectivity index (χ0) is 17.1. The second kappa shape index (κ2) is 6.70. The van der Waals surface area contributed by atoms with Crippen molar-refractivity contribution in [3.63, 3.8) is 0 Å². The summed E-state index contributed by atoms with van der Waals surface area (Å²) in [6.07, 6.45) is 1.44. The molecule has 0 bridgehead atoms. The number of hydrogen-bond acceptors (Lipinski definition) is 6. The summed E-state index contributed by atoms with van der Waals surface area (Å²) in [6, 6.07) is 10.0. The summed E-state index contributed by atoms with van der Waals surface area (Å²) in [5.74, 6) is 0.708. The third-order valence-corrected chi connectivity index (χ3v) is 3.75. The topological polar surface area (TPSA) is 68.5 Å². The van der Waals surface area contributed by atoms with E-state index in [1.54, 1.807) is 13.8 Å². The Bertz CT molecular complexity index is 859. The SMILES string of the molecule is CCOC(=O)c1c(C)oc2ncnc(N(C)Cc3ccccc3)c12. The maximum absolute atomic E-state index is 12.3. The molecule has 0 radical (unpaired) electrons. The van der Waals surface area contributed by atoms with Gasteiger partial charge in [-0.25, -0.2) is 14.8 Å². The Labute approximate surface area is 140 Å². The fourth-order valence-corrected chi connectivity index (χ4v) is 2.70. The fourth-order valence-electron chi connectivity index (χ4n) is 2.70. The van der Waals surface area contributed by atoms with Gasteiger partial charge in [0.05, 0.1) is 12.0 Å². The number of furan rings is 1. The van der Waals surface area contributed by atoms with E-state index in [0.717, 1.165) is 5.56 Å². The Hall–Kier alpha value is -2.89. The van der Waals surface area contributed by atoms with E-state index < -0.39 is 5.97 Å². The Kier molecular flexibility index (Phi) is 4.46. The Morgan fingerprint density at radius 3 is 2.71 bits per heavy atom. The molecule has 0 saturated heterocycles. The van der Waals surface area contributed by atoms with Gasteiger partial charge in [-0.1, -0.05) is 30.3 Å². The van der Waals surface area contributed by atoms with Crippen molar-refractivity contribution in [2.24, 2.45) is 0 Å². The number of aromatic nitrogens is 2. The maximum atomic E-state index is 12.3. The monoisotopic (exact) mass is 325 g/mol. The van der Waals surface area contributed by atoms with Crippen molar-refractivity contribution in [2.75, 3.05) is 18.6 Å². The summed E-state index contributed by atoms with van der Waals surface area (Å²) in [4.78, 5) is 22.8. The number of carbonyl (C=O) groups is 1. The lowest BCUT2D eigenvalue weighted by Gasteiger charge is -2.19. The molecule has 0 atom stereocenters. The van der Waals surface area contributed by atoms with Gasteiger partial charge in [0.25, 0.3) is 0 Å². The molecule has 124 valence electrons. The quantitative estimate of drug-likeness (QED) is 0.670. The Morgan fingerprint density at radius 2 is 2.00 bits per heavy atom. The number of anilines is 1. The van der Waals surface area contributed by atoms with Crippen LogP contribution in [0.25, 0.3) is 11.1 Å². The van der Waals surface area contributed by atoms with E-state index in [1.807, 2.05) is 42.3 Å². The molecule has 3 aromatic rings. The normalized spacial score (nSPS) is 10.8. The molecule has 0 aliphatic heterocycles. The number of rotatable bonds is 5. The third-order valence-electron chi connectivity index (χ3n) is 3.75. The van der Waals surface area contributed by atoms with Crippen LogP contribution in [0.2, 0.25) is 0 Å². The molecule has 3 rings (SSSR count). The summed E-state index contributed by atoms with van der Waals surface area (Å²) in [5, 5.41) is 0.590. The smallest absolute Gasteiger partial charge is 0.342 e. The summed E-state index contributed by atoms with van der Waals surface area (Å²) in [6.45, 7) is 4.45. The third kappa shape index (κ3) is 2.95. The van der Waals surface area contributed by atoms with E-state index in [2.05, 4.69) is 9.97 Å². The van der Waals surface area contributed by atoms with Gasteiger partial charge in [-0.05, 0) is 19.4 Å². The van der Waals surface area contributed by atoms with Crippen LogP contribution in [0, 0.1) is 6.92 Å². The molecule has 0 aliphatic rings. The molecule has 0 fully saturated rings. The van der Waals surface area contributed by atoms with Gasteiger partial charge < -0.3 is 14.1 Å². The van der Waals surface area contributed by atoms with Gasteiger partial charge >= 0.3 is 5.97 Å². The van der Waals surface area contributed by atoms with Crippen LogP contribution in [0.15, 0.2) is 41.1 Å². The van der Waals surface area contributed by atoms with E-state index in [4.69, 9.17) is 9.15 Å². The summed E-state index contributed by atoms with van der Waals surface area (Å²) in [7, 11) is 1.92. The van der Waals surface area contributed by atoms with Crippen molar-refractivity contribution in [2.45, 2.75) is 20.4 Å². The first kappa shape index (κ1) is 16.0. The van der Waals surface area contributed by atoms with Crippen molar-refractivity contribution >= 4 is 22.9 Å². The minimum absolute atomic E-state index is 0.299. The first-order valence-electron chi connectivity index (χ1n) is 7.78. The van der Waals surface area contributed by atoms with Crippen LogP contribution in [0.3, 0.4) is 0 Å². The molecule has 0 spiro atoms. The van der Waals surface area contributed by atoms with E-state index in [-0.39, 0.29) is 0 Å². The first-order valence-corrected chi connectivity index (χ1v) is 7.78. The fraction of sp³-hybridized carbons (Fsp3) is 0.278. The second-order valence-corrected chi connectivity index (χ2v) is 5.47. The number of esters is 1. The lowest BCUT2D eigenvalue weighted by atomic mass is 10.1. The van der Waals surface area contributed by atoms with Crippen LogP contribution >= 0.6 is 0 Å². The minimum atomic E-state index is -0.419. The van der Waals surface area contributed by atoms with Gasteiger partial charge in [0.15, 0.2) is 0 Å². The van der Waals surface area contributed by atoms with Gasteiger partial charge in [0.1, 0.15) is 23.5 Å². The Balaban J connectivity index is 2.06. The van der Waals surface area contributed by atoms with Gasteiger partial charge in [0.2, 0.25) is 5.71 Å². The average molecular weight is 325 g/mol. The highest BCUT2D eigenvalue weighted by Gasteiger charge is 2.25. The molecule has 2 aromatic heterocycles. The molecule has 0 amide bonds. The lowest BCUT2D eigenvalue weighted by molar-refractivity contribution is 0.0526. The van der Waals surface area contributed by atoms with E-state index >= 15 is 0 Å². The predicted octanol–water partition coefficient (Wildman–Crippen LogP) is 3.34. The number of carbonyl (C=O) groups excluding carboxylic acids is 1. The number of benzene rings is 1. The number of fused-ring (bicyclic) bond motifs is 1. The standard InChI is InChI=1S/C18H19N3O3/c1-4-23-18(22)14-12(2)24-17-15(14)16(19-11-20-17)21(3)10-13-8-6-5-7-9-13/h5-9,11H,4,10H2,1-3H3. The number of aryl methyl sites for hydroxylation is 1. The van der Waals surface area contributed by atoms with Gasteiger partial charge in [-0.3, -0.25) is 0 Å². The zero-order valence-corrected chi connectivity index (χ0v) is 13.9. The van der Waals surface area contributed by atoms with E-state index in [9.17, 15) is 4.79 Å². The number of nitrogens with zero attached hydrogens (tertiary/aromatic N) is 3. The van der Waals surface area contributed by atoms with Crippen molar-refractivity contribution in [1.82, 2.24) is 9.97 Å². The molecule has 6 heteroatoms. The molecule has 24 heavy (non-hydrogen) atoms. The first-order chi connectivity index (χ1) is 11.6. The average Bonchev–Trinajstić information content (AvgIpc) is 2.91. The second-order valence-electron chi connectivity index (χ2n) is 5.47. The van der Waals surface area contributed by atoms with E-state index in [0.29, 0.717) is 41.4 Å². The highest BCUT2D eigenvalue weighted by molar-refractivity contribution is 6.07. The highest BCUT2D eigenvalue weighted by Crippen LogP contribution is 2.31. The molecule has 0 aliphatic carbocycles. The van der Waals surface area contributed by atoms with Crippen molar-refractivity contribution in [3.8, 4) is 0 Å². The maximum Gasteiger partial charge on any atom is 0.342 e. The van der Waals surface area contributed by atoms with Crippen molar-refractivity contribution < 1.29 is 13.9 Å². The molecule has 6 nitrogen and oxygen atoms in total. The van der Waals surface area contributed by atoms with Gasteiger partial charge in [-0.15, -0.1) is 0 Å². The molecular formula is C18H19N3O3. The molecule has 1 aromatic carbocycles. The van der Waals surface area contributed by atoms with Crippen LogP contribution in [0.5, 0.6) is 0 Å². The Morgan fingerprint density at radius 1 is 1.25 bits per heavy atom. The summed E-state index contributed by atoms with van der Waals surface area (Å²) < 4.78 is 10.8. The predicted molar refractivity (Wildman–Crippen MR) is 91.0 cm³/mol. The zero-order valence-electron chi connectivity index (χ0n) is 13.9. The minimum Gasteiger partial charge on any atom is -0.462 e.